The number of hydrogen-bond donors (Lipinski definition) is 5. The Morgan fingerprint density at radius 1 is 0.711 bits per heavy atom. The predicted molar refractivity (Wildman–Crippen MR) is 290 cm³/mol. The van der Waals surface area contributed by atoms with Crippen LogP contribution in [0.3, 0.4) is 0 Å². The number of nitrogens with one attached hydrogen (secondary N) is 4. The van der Waals surface area contributed by atoms with Crippen LogP contribution in [0.5, 0.6) is 0 Å². The third-order valence-corrected chi connectivity index (χ3v) is 14.5. The third-order valence-electron chi connectivity index (χ3n) is 14.5. The molecule has 6 aromatic rings. The SMILES string of the molecule is CN1CCC(c2cc3nc(n2)Nc2ccc(F)c(c2)CN2CCN(CC2)CC(=O)NCCCNc2ccc-3cn2)N(C)c2ccc(cn2)-c2ccnc(n2)Nc2cccc(c2)CN2CCN(CC1=O)CC2COCCO. The van der Waals surface area contributed by atoms with Crippen molar-refractivity contribution in [1.29, 1.82) is 0 Å². The molecule has 2 amide bonds. The number of rotatable bonds is 5. The van der Waals surface area contributed by atoms with E-state index in [2.05, 4.69) is 62.9 Å². The van der Waals surface area contributed by atoms with Crippen LogP contribution in [0.2, 0.25) is 0 Å². The van der Waals surface area contributed by atoms with Crippen molar-refractivity contribution in [2.75, 3.05) is 133 Å². The van der Waals surface area contributed by atoms with Gasteiger partial charge in [0.25, 0.3) is 0 Å². The maximum absolute atomic E-state index is 15.6. The van der Waals surface area contributed by atoms with Gasteiger partial charge >= 0.3 is 0 Å². The maximum Gasteiger partial charge on any atom is 0.236 e. The Labute approximate surface area is 442 Å². The summed E-state index contributed by atoms with van der Waals surface area (Å²) in [6, 6.07) is 24.4. The fourth-order valence-electron chi connectivity index (χ4n) is 10.2. The summed E-state index contributed by atoms with van der Waals surface area (Å²) in [5, 5.41) is 22.8. The number of carbonyl (C=O) groups is 2. The normalized spacial score (nSPS) is 22.8. The quantitative estimate of drug-likeness (QED) is 0.150. The van der Waals surface area contributed by atoms with Crippen molar-refractivity contribution in [1.82, 2.24) is 59.7 Å². The summed E-state index contributed by atoms with van der Waals surface area (Å²) in [7, 11) is 3.82. The van der Waals surface area contributed by atoms with Crippen LogP contribution in [-0.4, -0.2) is 190 Å². The topological polar surface area (TPSA) is 208 Å². The summed E-state index contributed by atoms with van der Waals surface area (Å²) in [4.78, 5) is 69.3. The molecule has 16 bridgehead atoms. The summed E-state index contributed by atoms with van der Waals surface area (Å²) in [5.74, 6) is 1.80. The molecule has 2 saturated heterocycles. The zero-order chi connectivity index (χ0) is 52.4. The van der Waals surface area contributed by atoms with Gasteiger partial charge in [-0.3, -0.25) is 29.2 Å². The highest BCUT2D eigenvalue weighted by Gasteiger charge is 2.31. The van der Waals surface area contributed by atoms with Gasteiger partial charge in [0, 0.05) is 145 Å². The van der Waals surface area contributed by atoms with E-state index in [0.29, 0.717) is 143 Å². The molecular formula is C55H67FN16O4. The molecule has 10 aliphatic heterocycles. The average molecular weight is 1040 g/mol. The number of anilines is 6. The van der Waals surface area contributed by atoms with Crippen LogP contribution in [0, 0.1) is 5.82 Å². The number of amides is 2. The largest absolute Gasteiger partial charge is 0.394 e. The predicted octanol–water partition coefficient (Wildman–Crippen LogP) is 4.60. The number of piperazine rings is 2. The lowest BCUT2D eigenvalue weighted by atomic mass is 10.0. The van der Waals surface area contributed by atoms with Gasteiger partial charge in [-0.2, -0.15) is 0 Å². The average Bonchev–Trinajstić information content (AvgIpc) is 3.43. The number of nitrogens with zero attached hydrogens (tertiary/aromatic N) is 12. The molecule has 14 heterocycles. The second kappa shape index (κ2) is 24.6. The van der Waals surface area contributed by atoms with Gasteiger partial charge in [-0.15, -0.1) is 0 Å². The zero-order valence-electron chi connectivity index (χ0n) is 43.2. The molecule has 0 radical (unpaired) electrons. The van der Waals surface area contributed by atoms with Gasteiger partial charge in [-0.1, -0.05) is 12.1 Å². The maximum atomic E-state index is 15.6. The number of likely N-dealkylation sites (N-methyl/N-ethyl adjacent to an activating group) is 1. The number of hydrogen-bond acceptors (Lipinski definition) is 18. The minimum Gasteiger partial charge on any atom is -0.394 e. The summed E-state index contributed by atoms with van der Waals surface area (Å²) in [6.45, 7) is 8.62. The van der Waals surface area contributed by atoms with E-state index >= 15 is 4.39 Å². The second-order valence-electron chi connectivity index (χ2n) is 19.9. The van der Waals surface area contributed by atoms with E-state index < -0.39 is 6.04 Å². The van der Waals surface area contributed by atoms with Crippen molar-refractivity contribution in [2.45, 2.75) is 38.0 Å². The van der Waals surface area contributed by atoms with Gasteiger partial charge in [-0.05, 0) is 85.1 Å². The number of benzene rings is 2. The lowest BCUT2D eigenvalue weighted by molar-refractivity contribution is -0.132. The van der Waals surface area contributed by atoms with Gasteiger partial charge in [0.1, 0.15) is 17.5 Å². The molecule has 16 rings (SSSR count). The highest BCUT2D eigenvalue weighted by molar-refractivity contribution is 5.78. The number of pyridine rings is 2. The molecule has 0 aliphatic carbocycles. The van der Waals surface area contributed by atoms with Gasteiger partial charge < -0.3 is 40.9 Å². The van der Waals surface area contributed by atoms with E-state index in [1.54, 1.807) is 29.6 Å². The minimum atomic E-state index is -0.432. The van der Waals surface area contributed by atoms with Crippen LogP contribution in [0.15, 0.2) is 97.5 Å². The van der Waals surface area contributed by atoms with E-state index in [0.717, 1.165) is 35.3 Å². The zero-order valence-corrected chi connectivity index (χ0v) is 43.2. The fourth-order valence-corrected chi connectivity index (χ4v) is 10.2. The smallest absolute Gasteiger partial charge is 0.236 e. The van der Waals surface area contributed by atoms with Crippen LogP contribution in [-0.2, 0) is 27.4 Å². The molecule has 10 aliphatic rings. The molecule has 4 aromatic heterocycles. The summed E-state index contributed by atoms with van der Waals surface area (Å²) in [6.07, 6.45) is 6.50. The molecule has 0 saturated carbocycles. The molecule has 76 heavy (non-hydrogen) atoms. The molecule has 0 spiro atoms. The number of aromatic nitrogens is 6. The van der Waals surface area contributed by atoms with Crippen molar-refractivity contribution in [3.63, 3.8) is 0 Å². The van der Waals surface area contributed by atoms with Gasteiger partial charge in [0.2, 0.25) is 23.7 Å². The number of halogens is 1. The Bertz CT molecular complexity index is 2930. The van der Waals surface area contributed by atoms with E-state index in [-0.39, 0.29) is 43.4 Å². The lowest BCUT2D eigenvalue weighted by Gasteiger charge is -2.41. The van der Waals surface area contributed by atoms with Gasteiger partial charge in [0.05, 0.1) is 56.0 Å². The molecule has 2 aromatic carbocycles. The standard InChI is InChI=1S/C55H67FN16O4/c1-67-18-14-49(48-29-47-40-7-11-50(60-30-40)57-15-4-16-58-52(74)35-70-21-19-69(20-22-70)33-41-28-43(9-10-45(41)56)63-55(65-47)66-48)68(2)51-12-8-39(31-61-51)46-13-17-59-54(64-46)62-42-6-3-5-38(27-42)32-72-24-23-71(36-53(67)75)34-44(72)37-76-26-25-73/h3,5-13,17,27-31,44,49,73H,4,14-16,18-26,32-37H2,1-2H3,(H,57,60)(H,58,74)(H,59,62,64)(H,63,65,66). The van der Waals surface area contributed by atoms with Crippen LogP contribution in [0.1, 0.15) is 35.7 Å². The molecule has 398 valence electrons. The Morgan fingerprint density at radius 2 is 1.47 bits per heavy atom. The second-order valence-corrected chi connectivity index (χ2v) is 19.9. The number of aliphatic hydroxyl groups is 1. The molecule has 4 atom stereocenters. The van der Waals surface area contributed by atoms with Crippen molar-refractivity contribution >= 4 is 46.7 Å². The fraction of sp³-hybridized carbons (Fsp3) is 0.418. The monoisotopic (exact) mass is 1030 g/mol. The van der Waals surface area contributed by atoms with Crippen molar-refractivity contribution in [3.8, 4) is 22.5 Å². The van der Waals surface area contributed by atoms with Crippen molar-refractivity contribution in [2.24, 2.45) is 0 Å². The van der Waals surface area contributed by atoms with Crippen molar-refractivity contribution < 1.29 is 23.8 Å². The van der Waals surface area contributed by atoms with Gasteiger partial charge in [-0.25, -0.2) is 34.3 Å². The van der Waals surface area contributed by atoms with E-state index in [1.165, 1.54) is 6.07 Å². The molecular weight excluding hydrogens is 968 g/mol. The highest BCUT2D eigenvalue weighted by Crippen LogP contribution is 2.33. The van der Waals surface area contributed by atoms with E-state index in [4.69, 9.17) is 29.7 Å². The number of carbonyl (C=O) groups excluding carboxylic acids is 2. The van der Waals surface area contributed by atoms with Crippen molar-refractivity contribution in [3.05, 3.63) is 120 Å². The van der Waals surface area contributed by atoms with Crippen LogP contribution in [0.25, 0.3) is 22.5 Å². The molecule has 4 unspecified atom stereocenters. The first-order valence-corrected chi connectivity index (χ1v) is 26.2. The summed E-state index contributed by atoms with van der Waals surface area (Å²) >= 11 is 0. The number of aliphatic hydroxyl groups excluding tert-OH is 1. The molecule has 20 nitrogen and oxygen atoms in total. The lowest BCUT2D eigenvalue weighted by Crippen LogP contribution is -2.56. The summed E-state index contributed by atoms with van der Waals surface area (Å²) < 4.78 is 21.5. The van der Waals surface area contributed by atoms with E-state index in [9.17, 15) is 14.7 Å². The third kappa shape index (κ3) is 13.4. The van der Waals surface area contributed by atoms with Crippen LogP contribution in [0.4, 0.5) is 39.3 Å². The number of ether oxygens (including phenoxy) is 1. The Morgan fingerprint density at radius 3 is 2.29 bits per heavy atom. The van der Waals surface area contributed by atoms with Crippen LogP contribution < -0.4 is 26.2 Å². The van der Waals surface area contributed by atoms with Crippen LogP contribution >= 0.6 is 0 Å². The summed E-state index contributed by atoms with van der Waals surface area (Å²) in [5.41, 5.74) is 6.65. The van der Waals surface area contributed by atoms with E-state index in [1.807, 2.05) is 68.7 Å². The minimum absolute atomic E-state index is 0.00608. The molecule has 2 fully saturated rings. The molecule has 21 heteroatoms. The molecule has 5 N–H and O–H groups in total. The van der Waals surface area contributed by atoms with Gasteiger partial charge in [0.15, 0.2) is 0 Å². The first-order chi connectivity index (χ1) is 37.1. The first-order valence-electron chi connectivity index (χ1n) is 26.2. The Hall–Kier alpha value is -7.27. The first kappa shape index (κ1) is 52.2. The highest BCUT2D eigenvalue weighted by atomic mass is 19.1. The Balaban J connectivity index is 0.998. The Kier molecular flexibility index (Phi) is 16.9.